The molecule has 2 rings (SSSR count). The number of nitrogens with zero attached hydrogens (tertiary/aromatic N) is 3. The molecule has 1 heterocycles. The van der Waals surface area contributed by atoms with Crippen molar-refractivity contribution in [2.45, 2.75) is 27.5 Å². The van der Waals surface area contributed by atoms with Gasteiger partial charge in [-0.25, -0.2) is 14.3 Å². The number of benzene rings is 1. The lowest BCUT2D eigenvalue weighted by atomic mass is 9.98. The minimum absolute atomic E-state index is 0.0255. The number of hydrogen-bond donors (Lipinski definition) is 0. The van der Waals surface area contributed by atoms with Gasteiger partial charge in [-0.2, -0.15) is 0 Å². The summed E-state index contributed by atoms with van der Waals surface area (Å²) in [6.45, 7) is 5.07. The van der Waals surface area contributed by atoms with Gasteiger partial charge in [-0.3, -0.25) is 4.79 Å². The van der Waals surface area contributed by atoms with Gasteiger partial charge in [-0.05, 0) is 32.9 Å². The van der Waals surface area contributed by atoms with Crippen molar-refractivity contribution < 1.29 is 28.6 Å². The van der Waals surface area contributed by atoms with Crippen molar-refractivity contribution in [3.8, 4) is 11.3 Å². The molecule has 0 saturated heterocycles. The number of rotatable bonds is 5. The van der Waals surface area contributed by atoms with E-state index in [0.29, 0.717) is 11.3 Å². The van der Waals surface area contributed by atoms with Crippen LogP contribution < -0.4 is 0 Å². The predicted octanol–water partition coefficient (Wildman–Crippen LogP) is 2.72. The Kier molecular flexibility index (Phi) is 6.40. The summed E-state index contributed by atoms with van der Waals surface area (Å²) in [4.78, 5) is 35.8. The van der Waals surface area contributed by atoms with Crippen molar-refractivity contribution in [3.05, 3.63) is 34.5 Å². The fourth-order valence-corrected chi connectivity index (χ4v) is 2.41. The monoisotopic (exact) mass is 409 g/mol. The van der Waals surface area contributed by atoms with Gasteiger partial charge in [0.25, 0.3) is 0 Å². The Hall–Kier alpha value is -2.94. The number of halogens is 1. The third-order valence-corrected chi connectivity index (χ3v) is 3.99. The standard InChI is InChI=1S/C18H20ClN3O6/c1-18(2,3)17(25)28-9-22-8-14(20-21-22)12-6-10(15(23)26-4)11(7-13(12)19)16(24)27-5/h6-8H,9H2,1-5H3. The van der Waals surface area contributed by atoms with E-state index in [1.165, 1.54) is 37.2 Å². The SMILES string of the molecule is COC(=O)c1cc(Cl)c(-c2cn(COC(=O)C(C)(C)C)nn2)cc1C(=O)OC. The molecule has 0 unspecified atom stereocenters. The van der Waals surface area contributed by atoms with E-state index in [2.05, 4.69) is 15.0 Å². The molecule has 0 spiro atoms. The van der Waals surface area contributed by atoms with Gasteiger partial charge in [-0.1, -0.05) is 16.8 Å². The molecule has 2 aromatic rings. The summed E-state index contributed by atoms with van der Waals surface area (Å²) in [5.41, 5.74) is -0.0372. The van der Waals surface area contributed by atoms with Gasteiger partial charge >= 0.3 is 17.9 Å². The largest absolute Gasteiger partial charge is 0.465 e. The summed E-state index contributed by atoms with van der Waals surface area (Å²) < 4.78 is 15.9. The molecular formula is C18H20ClN3O6. The molecule has 0 fully saturated rings. The normalized spacial score (nSPS) is 11.1. The van der Waals surface area contributed by atoms with Crippen LogP contribution in [0.3, 0.4) is 0 Å². The second-order valence-electron chi connectivity index (χ2n) is 6.81. The maximum atomic E-state index is 12.1. The van der Waals surface area contributed by atoms with Gasteiger partial charge in [0.05, 0.1) is 42.0 Å². The average Bonchev–Trinajstić information content (AvgIpc) is 3.12. The number of carbonyl (C=O) groups is 3. The first kappa shape index (κ1) is 21.4. The van der Waals surface area contributed by atoms with E-state index in [-0.39, 0.29) is 22.9 Å². The summed E-state index contributed by atoms with van der Waals surface area (Å²) in [6, 6.07) is 2.67. The zero-order chi connectivity index (χ0) is 21.1. The smallest absolute Gasteiger partial charge is 0.338 e. The second kappa shape index (κ2) is 8.39. The maximum absolute atomic E-state index is 12.1. The van der Waals surface area contributed by atoms with Gasteiger partial charge in [-0.15, -0.1) is 5.10 Å². The first-order chi connectivity index (χ1) is 13.1. The van der Waals surface area contributed by atoms with E-state index < -0.39 is 23.3 Å². The second-order valence-corrected chi connectivity index (χ2v) is 7.22. The summed E-state index contributed by atoms with van der Waals surface area (Å²) >= 11 is 6.26. The summed E-state index contributed by atoms with van der Waals surface area (Å²) in [5.74, 6) is -1.85. The Morgan fingerprint density at radius 3 is 2.18 bits per heavy atom. The Morgan fingerprint density at radius 1 is 1.07 bits per heavy atom. The molecule has 0 bridgehead atoms. The topological polar surface area (TPSA) is 110 Å². The predicted molar refractivity (Wildman–Crippen MR) is 98.7 cm³/mol. The number of aromatic nitrogens is 3. The van der Waals surface area contributed by atoms with Crippen molar-refractivity contribution in [3.63, 3.8) is 0 Å². The first-order valence-electron chi connectivity index (χ1n) is 8.16. The van der Waals surface area contributed by atoms with Crippen molar-refractivity contribution in [1.29, 1.82) is 0 Å². The lowest BCUT2D eigenvalue weighted by Crippen LogP contribution is -2.24. The van der Waals surface area contributed by atoms with Gasteiger partial charge < -0.3 is 14.2 Å². The van der Waals surface area contributed by atoms with Crippen LogP contribution in [-0.2, 0) is 25.7 Å². The molecular weight excluding hydrogens is 390 g/mol. The highest BCUT2D eigenvalue weighted by atomic mass is 35.5. The number of ether oxygens (including phenoxy) is 3. The van der Waals surface area contributed by atoms with Crippen LogP contribution in [0.25, 0.3) is 11.3 Å². The lowest BCUT2D eigenvalue weighted by molar-refractivity contribution is -0.157. The van der Waals surface area contributed by atoms with E-state index in [0.717, 1.165) is 0 Å². The Labute approximate surface area is 166 Å². The highest BCUT2D eigenvalue weighted by Gasteiger charge is 2.24. The van der Waals surface area contributed by atoms with Crippen LogP contribution in [0.15, 0.2) is 18.3 Å². The fourth-order valence-electron chi connectivity index (χ4n) is 2.15. The van der Waals surface area contributed by atoms with Crippen LogP contribution in [0.4, 0.5) is 0 Å². The van der Waals surface area contributed by atoms with Crippen LogP contribution >= 0.6 is 11.6 Å². The number of methoxy groups -OCH3 is 2. The molecule has 9 nitrogen and oxygen atoms in total. The summed E-state index contributed by atoms with van der Waals surface area (Å²) in [6.07, 6.45) is 1.50. The van der Waals surface area contributed by atoms with Gasteiger partial charge in [0.2, 0.25) is 0 Å². The molecule has 1 aromatic carbocycles. The Bertz CT molecular complexity index is 917. The molecule has 0 amide bonds. The van der Waals surface area contributed by atoms with Gasteiger partial charge in [0.1, 0.15) is 5.69 Å². The third kappa shape index (κ3) is 4.66. The molecule has 1 aromatic heterocycles. The van der Waals surface area contributed by atoms with Crippen molar-refractivity contribution >= 4 is 29.5 Å². The van der Waals surface area contributed by atoms with Crippen LogP contribution in [0.2, 0.25) is 5.02 Å². The Morgan fingerprint density at radius 2 is 1.64 bits per heavy atom. The molecule has 0 aliphatic carbocycles. The molecule has 0 N–H and O–H groups in total. The molecule has 0 radical (unpaired) electrons. The average molecular weight is 410 g/mol. The van der Waals surface area contributed by atoms with Gasteiger partial charge in [0, 0.05) is 5.56 Å². The van der Waals surface area contributed by atoms with Crippen molar-refractivity contribution in [1.82, 2.24) is 15.0 Å². The molecule has 0 atom stereocenters. The molecule has 10 heteroatoms. The van der Waals surface area contributed by atoms with E-state index in [1.54, 1.807) is 20.8 Å². The molecule has 150 valence electrons. The van der Waals surface area contributed by atoms with Crippen LogP contribution in [0.1, 0.15) is 41.5 Å². The van der Waals surface area contributed by atoms with E-state index in [1.807, 2.05) is 0 Å². The molecule has 0 aliphatic heterocycles. The quantitative estimate of drug-likeness (QED) is 0.547. The lowest BCUT2D eigenvalue weighted by Gasteiger charge is -2.16. The minimum Gasteiger partial charge on any atom is -0.465 e. The van der Waals surface area contributed by atoms with E-state index in [4.69, 9.17) is 21.1 Å². The number of carbonyl (C=O) groups excluding carboxylic acids is 3. The fraction of sp³-hybridized carbons (Fsp3) is 0.389. The van der Waals surface area contributed by atoms with E-state index in [9.17, 15) is 14.4 Å². The molecule has 0 saturated carbocycles. The van der Waals surface area contributed by atoms with Crippen LogP contribution in [0.5, 0.6) is 0 Å². The zero-order valence-corrected chi connectivity index (χ0v) is 16.9. The number of hydrogen-bond acceptors (Lipinski definition) is 8. The maximum Gasteiger partial charge on any atom is 0.338 e. The number of esters is 3. The van der Waals surface area contributed by atoms with Gasteiger partial charge in [0.15, 0.2) is 6.73 Å². The summed E-state index contributed by atoms with van der Waals surface area (Å²) in [5, 5.41) is 8.02. The zero-order valence-electron chi connectivity index (χ0n) is 16.1. The van der Waals surface area contributed by atoms with Crippen molar-refractivity contribution in [2.24, 2.45) is 5.41 Å². The van der Waals surface area contributed by atoms with Crippen molar-refractivity contribution in [2.75, 3.05) is 14.2 Å². The highest BCUT2D eigenvalue weighted by Crippen LogP contribution is 2.30. The first-order valence-corrected chi connectivity index (χ1v) is 8.54. The highest BCUT2D eigenvalue weighted by molar-refractivity contribution is 6.34. The van der Waals surface area contributed by atoms with Crippen LogP contribution in [-0.4, -0.2) is 47.1 Å². The molecule has 28 heavy (non-hydrogen) atoms. The third-order valence-electron chi connectivity index (χ3n) is 3.67. The van der Waals surface area contributed by atoms with E-state index >= 15 is 0 Å². The summed E-state index contributed by atoms with van der Waals surface area (Å²) in [7, 11) is 2.38. The minimum atomic E-state index is -0.732. The molecule has 0 aliphatic rings. The Balaban J connectivity index is 2.35. The van der Waals surface area contributed by atoms with Crippen LogP contribution in [0, 0.1) is 5.41 Å².